The van der Waals surface area contributed by atoms with Crippen LogP contribution in [0.25, 0.3) is 0 Å². The highest BCUT2D eigenvalue weighted by Crippen LogP contribution is 2.29. The minimum absolute atomic E-state index is 0.158. The molecule has 0 heterocycles. The van der Waals surface area contributed by atoms with Crippen LogP contribution >= 0.6 is 0 Å². The second-order valence-electron chi connectivity index (χ2n) is 5.64. The summed E-state index contributed by atoms with van der Waals surface area (Å²) in [6, 6.07) is 13.0. The van der Waals surface area contributed by atoms with E-state index >= 15 is 0 Å². The Morgan fingerprint density at radius 2 is 1.25 bits per heavy atom. The van der Waals surface area contributed by atoms with Crippen LogP contribution in [0.5, 0.6) is 0 Å². The van der Waals surface area contributed by atoms with Gasteiger partial charge in [0.25, 0.3) is 0 Å². The van der Waals surface area contributed by atoms with E-state index in [1.54, 1.807) is 0 Å². The Kier molecular flexibility index (Phi) is 4.39. The molecule has 0 aliphatic heterocycles. The molecular formula is C19H22O. The minimum Gasteiger partial charge on any atom is -0.303 e. The predicted molar refractivity (Wildman–Crippen MR) is 84.4 cm³/mol. The Morgan fingerprint density at radius 1 is 0.800 bits per heavy atom. The Labute approximate surface area is 121 Å². The number of aldehydes is 1. The molecule has 0 aliphatic carbocycles. The minimum atomic E-state index is 0.158. The van der Waals surface area contributed by atoms with E-state index in [0.29, 0.717) is 6.42 Å². The van der Waals surface area contributed by atoms with Gasteiger partial charge in [-0.25, -0.2) is 0 Å². The van der Waals surface area contributed by atoms with E-state index < -0.39 is 0 Å². The van der Waals surface area contributed by atoms with Crippen molar-refractivity contribution in [3.63, 3.8) is 0 Å². The molecule has 0 amide bonds. The van der Waals surface area contributed by atoms with Gasteiger partial charge in [0.2, 0.25) is 0 Å². The van der Waals surface area contributed by atoms with Gasteiger partial charge in [0, 0.05) is 12.3 Å². The van der Waals surface area contributed by atoms with Crippen molar-refractivity contribution in [3.8, 4) is 0 Å². The molecule has 0 N–H and O–H groups in total. The fourth-order valence-electron chi connectivity index (χ4n) is 2.52. The van der Waals surface area contributed by atoms with Gasteiger partial charge in [0.1, 0.15) is 6.29 Å². The van der Waals surface area contributed by atoms with Crippen molar-refractivity contribution in [2.45, 2.75) is 40.0 Å². The van der Waals surface area contributed by atoms with E-state index in [2.05, 4.69) is 64.1 Å². The molecular weight excluding hydrogens is 244 g/mol. The van der Waals surface area contributed by atoms with Gasteiger partial charge in [-0.2, -0.15) is 0 Å². The van der Waals surface area contributed by atoms with E-state index in [1.165, 1.54) is 33.4 Å². The molecule has 20 heavy (non-hydrogen) atoms. The Hall–Kier alpha value is -1.89. The maximum Gasteiger partial charge on any atom is 0.120 e. The monoisotopic (exact) mass is 266 g/mol. The van der Waals surface area contributed by atoms with Crippen molar-refractivity contribution in [3.05, 3.63) is 69.8 Å². The number of hydrogen-bond donors (Lipinski definition) is 0. The lowest BCUT2D eigenvalue weighted by Crippen LogP contribution is -2.03. The average molecular weight is 266 g/mol. The van der Waals surface area contributed by atoms with Gasteiger partial charge < -0.3 is 4.79 Å². The molecule has 2 aromatic carbocycles. The summed E-state index contributed by atoms with van der Waals surface area (Å²) in [6.07, 6.45) is 1.56. The van der Waals surface area contributed by atoms with Gasteiger partial charge >= 0.3 is 0 Å². The predicted octanol–water partition coefficient (Wildman–Crippen LogP) is 4.64. The molecule has 2 aromatic rings. The lowest BCUT2D eigenvalue weighted by molar-refractivity contribution is -0.108. The Bertz CT molecular complexity index is 574. The quantitative estimate of drug-likeness (QED) is 0.737. The standard InChI is InChI=1S/C19H22O/c1-13-5-7-17(11-15(13)3)19(9-10-20)18-8-6-14(2)16(4)12-18/h5-8,10-12,19H,9H2,1-4H3. The lowest BCUT2D eigenvalue weighted by Gasteiger charge is -2.18. The fraction of sp³-hybridized carbons (Fsp3) is 0.316. The van der Waals surface area contributed by atoms with Crippen LogP contribution in [-0.2, 0) is 4.79 Å². The number of carbonyl (C=O) groups is 1. The lowest BCUT2D eigenvalue weighted by atomic mass is 9.86. The van der Waals surface area contributed by atoms with E-state index in [9.17, 15) is 4.79 Å². The van der Waals surface area contributed by atoms with E-state index in [4.69, 9.17) is 0 Å². The first kappa shape index (κ1) is 14.5. The first-order valence-corrected chi connectivity index (χ1v) is 7.11. The molecule has 0 aromatic heterocycles. The Morgan fingerprint density at radius 3 is 1.60 bits per heavy atom. The van der Waals surface area contributed by atoms with Gasteiger partial charge in [0.15, 0.2) is 0 Å². The van der Waals surface area contributed by atoms with Crippen molar-refractivity contribution in [1.82, 2.24) is 0 Å². The summed E-state index contributed by atoms with van der Waals surface area (Å²) in [7, 11) is 0. The molecule has 1 heteroatoms. The second-order valence-corrected chi connectivity index (χ2v) is 5.64. The van der Waals surface area contributed by atoms with Crippen LogP contribution in [0.3, 0.4) is 0 Å². The van der Waals surface area contributed by atoms with E-state index in [-0.39, 0.29) is 5.92 Å². The summed E-state index contributed by atoms with van der Waals surface area (Å²) in [6.45, 7) is 8.47. The molecule has 0 atom stereocenters. The van der Waals surface area contributed by atoms with Gasteiger partial charge in [-0.3, -0.25) is 0 Å². The van der Waals surface area contributed by atoms with Crippen LogP contribution in [0.1, 0.15) is 45.7 Å². The zero-order valence-corrected chi connectivity index (χ0v) is 12.7. The highest BCUT2D eigenvalue weighted by molar-refractivity contribution is 5.55. The molecule has 0 saturated heterocycles. The van der Waals surface area contributed by atoms with Crippen LogP contribution in [-0.4, -0.2) is 6.29 Å². The van der Waals surface area contributed by atoms with Crippen LogP contribution < -0.4 is 0 Å². The van der Waals surface area contributed by atoms with E-state index in [0.717, 1.165) is 6.29 Å². The number of benzene rings is 2. The molecule has 0 aliphatic rings. The highest BCUT2D eigenvalue weighted by Gasteiger charge is 2.15. The summed E-state index contributed by atoms with van der Waals surface area (Å²) in [5.74, 6) is 0.158. The fourth-order valence-corrected chi connectivity index (χ4v) is 2.52. The molecule has 0 radical (unpaired) electrons. The summed E-state index contributed by atoms with van der Waals surface area (Å²) in [5, 5.41) is 0. The van der Waals surface area contributed by atoms with Gasteiger partial charge in [-0.05, 0) is 61.1 Å². The summed E-state index contributed by atoms with van der Waals surface area (Å²) in [5.41, 5.74) is 7.59. The van der Waals surface area contributed by atoms with Gasteiger partial charge in [-0.15, -0.1) is 0 Å². The Balaban J connectivity index is 2.46. The summed E-state index contributed by atoms with van der Waals surface area (Å²) < 4.78 is 0. The van der Waals surface area contributed by atoms with E-state index in [1.807, 2.05) is 0 Å². The molecule has 0 bridgehead atoms. The molecule has 0 spiro atoms. The van der Waals surface area contributed by atoms with Crippen LogP contribution in [0.15, 0.2) is 36.4 Å². The van der Waals surface area contributed by atoms with Crippen molar-refractivity contribution >= 4 is 6.29 Å². The van der Waals surface area contributed by atoms with Crippen molar-refractivity contribution < 1.29 is 4.79 Å². The largest absolute Gasteiger partial charge is 0.303 e. The molecule has 0 fully saturated rings. The third-order valence-electron chi connectivity index (χ3n) is 4.20. The first-order valence-electron chi connectivity index (χ1n) is 7.11. The number of carbonyl (C=O) groups excluding carboxylic acids is 1. The normalized spacial score (nSPS) is 10.8. The highest BCUT2D eigenvalue weighted by atomic mass is 16.1. The molecule has 2 rings (SSSR count). The average Bonchev–Trinajstić information content (AvgIpc) is 2.43. The zero-order valence-electron chi connectivity index (χ0n) is 12.7. The maximum absolute atomic E-state index is 11.1. The summed E-state index contributed by atoms with van der Waals surface area (Å²) >= 11 is 0. The van der Waals surface area contributed by atoms with Crippen LogP contribution in [0.2, 0.25) is 0 Å². The van der Waals surface area contributed by atoms with Crippen molar-refractivity contribution in [2.24, 2.45) is 0 Å². The van der Waals surface area contributed by atoms with Crippen molar-refractivity contribution in [1.29, 1.82) is 0 Å². The molecule has 0 saturated carbocycles. The second kappa shape index (κ2) is 6.04. The third-order valence-corrected chi connectivity index (χ3v) is 4.20. The smallest absolute Gasteiger partial charge is 0.120 e. The summed E-state index contributed by atoms with van der Waals surface area (Å²) in [4.78, 5) is 11.1. The van der Waals surface area contributed by atoms with Gasteiger partial charge in [-0.1, -0.05) is 36.4 Å². The SMILES string of the molecule is Cc1ccc(C(CC=O)c2ccc(C)c(C)c2)cc1C. The number of aryl methyl sites for hydroxylation is 4. The van der Waals surface area contributed by atoms with Crippen LogP contribution in [0.4, 0.5) is 0 Å². The number of hydrogen-bond acceptors (Lipinski definition) is 1. The van der Waals surface area contributed by atoms with Gasteiger partial charge in [0.05, 0.1) is 0 Å². The number of rotatable bonds is 4. The first-order chi connectivity index (χ1) is 9.52. The topological polar surface area (TPSA) is 17.1 Å². The molecule has 1 nitrogen and oxygen atoms in total. The molecule has 104 valence electrons. The zero-order chi connectivity index (χ0) is 14.7. The van der Waals surface area contributed by atoms with Crippen LogP contribution in [0, 0.1) is 27.7 Å². The molecule has 0 unspecified atom stereocenters. The maximum atomic E-state index is 11.1. The third kappa shape index (κ3) is 2.98. The van der Waals surface area contributed by atoms with Crippen molar-refractivity contribution in [2.75, 3.05) is 0 Å².